The summed E-state index contributed by atoms with van der Waals surface area (Å²) in [4.78, 5) is 15.8. The predicted octanol–water partition coefficient (Wildman–Crippen LogP) is 2.41. The molecule has 1 aromatic carbocycles. The zero-order chi connectivity index (χ0) is 15.1. The van der Waals surface area contributed by atoms with E-state index in [2.05, 4.69) is 15.6 Å². The van der Waals surface area contributed by atoms with Gasteiger partial charge in [0.25, 0.3) is 0 Å². The molecular formula is C15H20N4O2. The van der Waals surface area contributed by atoms with E-state index in [1.54, 1.807) is 12.5 Å². The minimum Gasteiger partial charge on any atom is -0.492 e. The molecule has 0 unspecified atom stereocenters. The van der Waals surface area contributed by atoms with Crippen LogP contribution in [-0.2, 0) is 6.54 Å². The van der Waals surface area contributed by atoms with Crippen LogP contribution in [0.2, 0.25) is 0 Å². The van der Waals surface area contributed by atoms with Gasteiger partial charge in [-0.1, -0.05) is 6.07 Å². The lowest BCUT2D eigenvalue weighted by molar-refractivity contribution is 0.251. The molecule has 1 aromatic heterocycles. The number of anilines is 1. The summed E-state index contributed by atoms with van der Waals surface area (Å²) in [6.07, 6.45) is 5.28. The van der Waals surface area contributed by atoms with Gasteiger partial charge in [-0.05, 0) is 31.5 Å². The summed E-state index contributed by atoms with van der Waals surface area (Å²) >= 11 is 0. The molecule has 2 aromatic rings. The number of amides is 2. The zero-order valence-corrected chi connectivity index (χ0v) is 12.3. The molecule has 6 heteroatoms. The molecule has 0 saturated heterocycles. The molecule has 2 rings (SSSR count). The molecule has 2 amide bonds. The number of nitrogens with zero attached hydrogens (tertiary/aromatic N) is 2. The van der Waals surface area contributed by atoms with Crippen molar-refractivity contribution in [1.29, 1.82) is 0 Å². The third-order valence-corrected chi connectivity index (χ3v) is 2.90. The highest BCUT2D eigenvalue weighted by Gasteiger charge is 2.07. The smallest absolute Gasteiger partial charge is 0.319 e. The Labute approximate surface area is 124 Å². The average Bonchev–Trinajstić information content (AvgIpc) is 2.95. The third kappa shape index (κ3) is 4.52. The maximum atomic E-state index is 11.9. The van der Waals surface area contributed by atoms with Crippen LogP contribution in [-0.4, -0.2) is 28.7 Å². The Kier molecular flexibility index (Phi) is 5.20. The van der Waals surface area contributed by atoms with Crippen LogP contribution in [0.1, 0.15) is 12.5 Å². The minimum absolute atomic E-state index is 0.250. The van der Waals surface area contributed by atoms with Crippen molar-refractivity contribution in [2.75, 3.05) is 18.5 Å². The van der Waals surface area contributed by atoms with E-state index in [9.17, 15) is 4.79 Å². The average molecular weight is 288 g/mol. The quantitative estimate of drug-likeness (QED) is 0.857. The fraction of sp³-hybridized carbons (Fsp3) is 0.333. The maximum Gasteiger partial charge on any atom is 0.319 e. The van der Waals surface area contributed by atoms with Crippen molar-refractivity contribution in [1.82, 2.24) is 14.9 Å². The first kappa shape index (κ1) is 14.9. The molecule has 112 valence electrons. The second kappa shape index (κ2) is 7.33. The van der Waals surface area contributed by atoms with E-state index < -0.39 is 0 Å². The largest absolute Gasteiger partial charge is 0.492 e. The highest BCUT2D eigenvalue weighted by molar-refractivity contribution is 5.90. The monoisotopic (exact) mass is 288 g/mol. The van der Waals surface area contributed by atoms with Gasteiger partial charge < -0.3 is 19.9 Å². The van der Waals surface area contributed by atoms with Crippen molar-refractivity contribution in [2.45, 2.75) is 20.4 Å². The fourth-order valence-corrected chi connectivity index (χ4v) is 1.89. The molecule has 0 atom stereocenters. The number of rotatable bonds is 6. The Morgan fingerprint density at radius 3 is 3.00 bits per heavy atom. The summed E-state index contributed by atoms with van der Waals surface area (Å²) in [7, 11) is 0. The maximum absolute atomic E-state index is 11.9. The van der Waals surface area contributed by atoms with E-state index >= 15 is 0 Å². The number of carbonyl (C=O) groups excluding carboxylic acids is 1. The SMILES string of the molecule is CCOc1cc(C)ccc1NC(=O)NCCn1ccnc1. The van der Waals surface area contributed by atoms with Crippen LogP contribution in [0.4, 0.5) is 10.5 Å². The standard InChI is InChI=1S/C15H20N4O2/c1-3-21-14-10-12(2)4-5-13(14)18-15(20)17-7-9-19-8-6-16-11-19/h4-6,8,10-11H,3,7,9H2,1-2H3,(H2,17,18,20). The highest BCUT2D eigenvalue weighted by Crippen LogP contribution is 2.25. The van der Waals surface area contributed by atoms with Gasteiger partial charge in [-0.2, -0.15) is 0 Å². The number of hydrogen-bond donors (Lipinski definition) is 2. The van der Waals surface area contributed by atoms with Gasteiger partial charge in [0.1, 0.15) is 5.75 Å². The summed E-state index contributed by atoms with van der Waals surface area (Å²) in [6, 6.07) is 5.43. The van der Waals surface area contributed by atoms with E-state index in [0.29, 0.717) is 31.1 Å². The fourth-order valence-electron chi connectivity index (χ4n) is 1.89. The van der Waals surface area contributed by atoms with Gasteiger partial charge in [0, 0.05) is 25.5 Å². The lowest BCUT2D eigenvalue weighted by Crippen LogP contribution is -2.31. The second-order valence-electron chi connectivity index (χ2n) is 4.61. The van der Waals surface area contributed by atoms with E-state index in [-0.39, 0.29) is 6.03 Å². The predicted molar refractivity (Wildman–Crippen MR) is 81.6 cm³/mol. The van der Waals surface area contributed by atoms with E-state index in [1.807, 2.05) is 42.8 Å². The highest BCUT2D eigenvalue weighted by atomic mass is 16.5. The van der Waals surface area contributed by atoms with Gasteiger partial charge in [0.2, 0.25) is 0 Å². The van der Waals surface area contributed by atoms with Crippen molar-refractivity contribution in [3.63, 3.8) is 0 Å². The minimum atomic E-state index is -0.250. The van der Waals surface area contributed by atoms with Gasteiger partial charge in [-0.3, -0.25) is 0 Å². The zero-order valence-electron chi connectivity index (χ0n) is 12.3. The van der Waals surface area contributed by atoms with Crippen LogP contribution in [0.25, 0.3) is 0 Å². The lowest BCUT2D eigenvalue weighted by Gasteiger charge is -2.13. The molecule has 0 aliphatic rings. The molecular weight excluding hydrogens is 268 g/mol. The molecule has 0 fully saturated rings. The Bertz CT molecular complexity index is 581. The summed E-state index contributed by atoms with van der Waals surface area (Å²) in [5, 5.41) is 5.60. The molecule has 0 aliphatic heterocycles. The molecule has 0 aliphatic carbocycles. The molecule has 0 spiro atoms. The normalized spacial score (nSPS) is 10.2. The van der Waals surface area contributed by atoms with E-state index in [0.717, 1.165) is 5.56 Å². The van der Waals surface area contributed by atoms with Gasteiger partial charge in [0.05, 0.1) is 18.6 Å². The number of aromatic nitrogens is 2. The summed E-state index contributed by atoms with van der Waals surface area (Å²) in [6.45, 7) is 5.66. The Hall–Kier alpha value is -2.50. The van der Waals surface area contributed by atoms with Gasteiger partial charge in [-0.25, -0.2) is 9.78 Å². The van der Waals surface area contributed by atoms with E-state index in [1.165, 1.54) is 0 Å². The number of hydrogen-bond acceptors (Lipinski definition) is 3. The van der Waals surface area contributed by atoms with Crippen LogP contribution >= 0.6 is 0 Å². The van der Waals surface area contributed by atoms with Crippen LogP contribution in [0.5, 0.6) is 5.75 Å². The van der Waals surface area contributed by atoms with Crippen LogP contribution < -0.4 is 15.4 Å². The summed E-state index contributed by atoms with van der Waals surface area (Å²) < 4.78 is 7.43. The first-order valence-corrected chi connectivity index (χ1v) is 6.93. The first-order valence-electron chi connectivity index (χ1n) is 6.93. The number of nitrogens with one attached hydrogen (secondary N) is 2. The lowest BCUT2D eigenvalue weighted by atomic mass is 10.2. The topological polar surface area (TPSA) is 68.2 Å². The van der Waals surface area contributed by atoms with Crippen molar-refractivity contribution in [3.05, 3.63) is 42.5 Å². The molecule has 1 heterocycles. The van der Waals surface area contributed by atoms with Gasteiger partial charge in [-0.15, -0.1) is 0 Å². The van der Waals surface area contributed by atoms with Crippen LogP contribution in [0.15, 0.2) is 36.9 Å². The van der Waals surface area contributed by atoms with Gasteiger partial charge in [0.15, 0.2) is 0 Å². The number of aryl methyl sites for hydroxylation is 1. The van der Waals surface area contributed by atoms with E-state index in [4.69, 9.17) is 4.74 Å². The van der Waals surface area contributed by atoms with Crippen LogP contribution in [0.3, 0.4) is 0 Å². The second-order valence-corrected chi connectivity index (χ2v) is 4.61. The molecule has 0 bridgehead atoms. The van der Waals surface area contributed by atoms with Crippen molar-refractivity contribution in [3.8, 4) is 5.75 Å². The van der Waals surface area contributed by atoms with Crippen molar-refractivity contribution < 1.29 is 9.53 Å². The van der Waals surface area contributed by atoms with Crippen molar-refractivity contribution in [2.24, 2.45) is 0 Å². The molecule has 0 saturated carbocycles. The number of ether oxygens (including phenoxy) is 1. The number of imidazole rings is 1. The molecule has 0 radical (unpaired) electrons. The Morgan fingerprint density at radius 1 is 1.43 bits per heavy atom. The molecule has 2 N–H and O–H groups in total. The third-order valence-electron chi connectivity index (χ3n) is 2.90. The van der Waals surface area contributed by atoms with Crippen molar-refractivity contribution >= 4 is 11.7 Å². The molecule has 6 nitrogen and oxygen atoms in total. The van der Waals surface area contributed by atoms with Crippen LogP contribution in [0, 0.1) is 6.92 Å². The summed E-state index contributed by atoms with van der Waals surface area (Å²) in [5.74, 6) is 0.683. The number of benzene rings is 1. The first-order chi connectivity index (χ1) is 10.2. The molecule has 21 heavy (non-hydrogen) atoms. The van der Waals surface area contributed by atoms with Gasteiger partial charge >= 0.3 is 6.03 Å². The Morgan fingerprint density at radius 2 is 2.29 bits per heavy atom. The summed E-state index contributed by atoms with van der Waals surface area (Å²) in [5.41, 5.74) is 1.76. The number of urea groups is 1. The Balaban J connectivity index is 1.87. The number of carbonyl (C=O) groups is 1.